The van der Waals surface area contributed by atoms with Gasteiger partial charge >= 0.3 is 5.97 Å². The molecule has 9 heteroatoms. The average Bonchev–Trinajstić information content (AvgIpc) is 3.18. The zero-order chi connectivity index (χ0) is 21.9. The molecule has 0 radical (unpaired) electrons. The van der Waals surface area contributed by atoms with Crippen LogP contribution in [0.5, 0.6) is 0 Å². The van der Waals surface area contributed by atoms with E-state index in [2.05, 4.69) is 9.71 Å². The first-order chi connectivity index (χ1) is 14.2. The van der Waals surface area contributed by atoms with Gasteiger partial charge in [-0.25, -0.2) is 27.3 Å². The van der Waals surface area contributed by atoms with E-state index in [-0.39, 0.29) is 22.8 Å². The van der Waals surface area contributed by atoms with Gasteiger partial charge in [-0.3, -0.25) is 0 Å². The SMILES string of the molecule is COC(=O)c1cc(S(=O)(=O)NCCc2csc(-c3ccc(F)cc3)n2)cc(C)c1C. The number of rotatable bonds is 7. The van der Waals surface area contributed by atoms with Crippen molar-refractivity contribution < 1.29 is 22.3 Å². The quantitative estimate of drug-likeness (QED) is 0.555. The van der Waals surface area contributed by atoms with Crippen LogP contribution in [0.1, 0.15) is 27.2 Å². The molecule has 3 rings (SSSR count). The maximum atomic E-state index is 13.1. The first kappa shape index (κ1) is 22.1. The number of nitrogens with one attached hydrogen (secondary N) is 1. The molecule has 30 heavy (non-hydrogen) atoms. The van der Waals surface area contributed by atoms with E-state index in [9.17, 15) is 17.6 Å². The molecular formula is C21H21FN2O4S2. The zero-order valence-electron chi connectivity index (χ0n) is 16.7. The summed E-state index contributed by atoms with van der Waals surface area (Å²) in [5.74, 6) is -0.893. The van der Waals surface area contributed by atoms with Crippen LogP contribution in [0.15, 0.2) is 46.7 Å². The molecule has 0 unspecified atom stereocenters. The number of benzene rings is 2. The third-order valence-electron chi connectivity index (χ3n) is 4.67. The Morgan fingerprint density at radius 2 is 1.90 bits per heavy atom. The fraction of sp³-hybridized carbons (Fsp3) is 0.238. The predicted molar refractivity (Wildman–Crippen MR) is 114 cm³/mol. The molecule has 0 saturated heterocycles. The smallest absolute Gasteiger partial charge is 0.338 e. The molecule has 0 aliphatic heterocycles. The van der Waals surface area contributed by atoms with Crippen LogP contribution in [0.25, 0.3) is 10.6 Å². The van der Waals surface area contributed by atoms with E-state index in [1.807, 2.05) is 5.38 Å². The number of hydrogen-bond donors (Lipinski definition) is 1. The van der Waals surface area contributed by atoms with Gasteiger partial charge in [0.25, 0.3) is 0 Å². The second-order valence-electron chi connectivity index (χ2n) is 6.70. The van der Waals surface area contributed by atoms with Gasteiger partial charge in [0.2, 0.25) is 10.0 Å². The van der Waals surface area contributed by atoms with Crippen LogP contribution in [0.2, 0.25) is 0 Å². The van der Waals surface area contributed by atoms with Crippen molar-refractivity contribution in [2.24, 2.45) is 0 Å². The van der Waals surface area contributed by atoms with Gasteiger partial charge in [-0.15, -0.1) is 11.3 Å². The highest BCUT2D eigenvalue weighted by atomic mass is 32.2. The summed E-state index contributed by atoms with van der Waals surface area (Å²) in [7, 11) is -2.55. The zero-order valence-corrected chi connectivity index (χ0v) is 18.4. The van der Waals surface area contributed by atoms with Gasteiger partial charge in [0.05, 0.1) is 23.3 Å². The number of esters is 1. The monoisotopic (exact) mass is 448 g/mol. The molecule has 1 heterocycles. The Kier molecular flexibility index (Phi) is 6.64. The Bertz CT molecular complexity index is 1170. The van der Waals surface area contributed by atoms with E-state index < -0.39 is 16.0 Å². The molecule has 1 aromatic heterocycles. The number of halogens is 1. The van der Waals surface area contributed by atoms with Crippen LogP contribution < -0.4 is 4.72 Å². The van der Waals surface area contributed by atoms with E-state index >= 15 is 0 Å². The summed E-state index contributed by atoms with van der Waals surface area (Å²) in [6, 6.07) is 8.90. The Morgan fingerprint density at radius 1 is 1.20 bits per heavy atom. The molecule has 158 valence electrons. The van der Waals surface area contributed by atoms with Crippen LogP contribution >= 0.6 is 11.3 Å². The predicted octanol–water partition coefficient (Wildman–Crippen LogP) is 3.87. The van der Waals surface area contributed by atoms with Gasteiger partial charge in [-0.1, -0.05) is 0 Å². The molecule has 2 aromatic carbocycles. The molecule has 0 spiro atoms. The number of nitrogens with zero attached hydrogens (tertiary/aromatic N) is 1. The van der Waals surface area contributed by atoms with Gasteiger partial charge in [0, 0.05) is 23.9 Å². The molecule has 0 atom stereocenters. The van der Waals surface area contributed by atoms with E-state index in [0.29, 0.717) is 17.5 Å². The molecule has 0 fully saturated rings. The summed E-state index contributed by atoms with van der Waals surface area (Å²) in [5.41, 5.74) is 3.12. The number of thiazole rings is 1. The van der Waals surface area contributed by atoms with Crippen molar-refractivity contribution in [1.29, 1.82) is 0 Å². The van der Waals surface area contributed by atoms with Crippen LogP contribution in [0.3, 0.4) is 0 Å². The fourth-order valence-corrected chi connectivity index (χ4v) is 4.85. The van der Waals surface area contributed by atoms with Gasteiger partial charge in [-0.05, 0) is 61.4 Å². The van der Waals surface area contributed by atoms with E-state index in [1.54, 1.807) is 26.0 Å². The summed E-state index contributed by atoms with van der Waals surface area (Å²) >= 11 is 1.41. The molecule has 0 saturated carbocycles. The first-order valence-electron chi connectivity index (χ1n) is 9.11. The second-order valence-corrected chi connectivity index (χ2v) is 9.33. The Balaban J connectivity index is 1.70. The standard InChI is InChI=1S/C21H21FN2O4S2/c1-13-10-18(11-19(14(13)2)21(25)28-3)30(26,27)23-9-8-17-12-29-20(24-17)15-4-6-16(22)7-5-15/h4-7,10-12,23H,8-9H2,1-3H3. The lowest BCUT2D eigenvalue weighted by Crippen LogP contribution is -2.26. The van der Waals surface area contributed by atoms with E-state index in [0.717, 1.165) is 16.3 Å². The summed E-state index contributed by atoms with van der Waals surface area (Å²) in [6.45, 7) is 3.63. The summed E-state index contributed by atoms with van der Waals surface area (Å²) in [5, 5.41) is 2.59. The number of aryl methyl sites for hydroxylation is 1. The van der Waals surface area contributed by atoms with Gasteiger partial charge in [0.1, 0.15) is 10.8 Å². The van der Waals surface area contributed by atoms with Gasteiger partial charge in [-0.2, -0.15) is 0 Å². The fourth-order valence-electron chi connectivity index (χ4n) is 2.85. The number of hydrogen-bond acceptors (Lipinski definition) is 6. The summed E-state index contributed by atoms with van der Waals surface area (Å²) in [6.07, 6.45) is 0.394. The van der Waals surface area contributed by atoms with Crippen molar-refractivity contribution in [2.75, 3.05) is 13.7 Å². The maximum Gasteiger partial charge on any atom is 0.338 e. The number of aromatic nitrogens is 1. The Hall–Kier alpha value is -2.62. The lowest BCUT2D eigenvalue weighted by molar-refractivity contribution is 0.0599. The number of ether oxygens (including phenoxy) is 1. The van der Waals surface area contributed by atoms with Crippen molar-refractivity contribution in [1.82, 2.24) is 9.71 Å². The molecule has 1 N–H and O–H groups in total. The van der Waals surface area contributed by atoms with Crippen molar-refractivity contribution in [3.63, 3.8) is 0 Å². The van der Waals surface area contributed by atoms with Crippen molar-refractivity contribution in [3.8, 4) is 10.6 Å². The second kappa shape index (κ2) is 9.03. The lowest BCUT2D eigenvalue weighted by Gasteiger charge is -2.12. The maximum absolute atomic E-state index is 13.1. The minimum absolute atomic E-state index is 0.0104. The lowest BCUT2D eigenvalue weighted by atomic mass is 10.0. The third kappa shape index (κ3) is 4.92. The van der Waals surface area contributed by atoms with Crippen LogP contribution in [0.4, 0.5) is 4.39 Å². The van der Waals surface area contributed by atoms with Crippen molar-refractivity contribution >= 4 is 27.3 Å². The highest BCUT2D eigenvalue weighted by Crippen LogP contribution is 2.24. The average molecular weight is 449 g/mol. The Morgan fingerprint density at radius 3 is 2.57 bits per heavy atom. The molecule has 0 aliphatic rings. The van der Waals surface area contributed by atoms with Crippen LogP contribution in [-0.2, 0) is 21.2 Å². The van der Waals surface area contributed by atoms with Crippen LogP contribution in [-0.4, -0.2) is 33.0 Å². The number of carbonyl (C=O) groups excluding carboxylic acids is 1. The van der Waals surface area contributed by atoms with Gasteiger partial charge < -0.3 is 4.74 Å². The van der Waals surface area contributed by atoms with Crippen molar-refractivity contribution in [2.45, 2.75) is 25.2 Å². The summed E-state index contributed by atoms with van der Waals surface area (Å²) in [4.78, 5) is 16.4. The normalized spacial score (nSPS) is 11.5. The molecule has 3 aromatic rings. The largest absolute Gasteiger partial charge is 0.465 e. The highest BCUT2D eigenvalue weighted by molar-refractivity contribution is 7.89. The van der Waals surface area contributed by atoms with E-state index in [4.69, 9.17) is 4.74 Å². The first-order valence-corrected chi connectivity index (χ1v) is 11.5. The minimum atomic E-state index is -3.81. The highest BCUT2D eigenvalue weighted by Gasteiger charge is 2.20. The molecular weight excluding hydrogens is 427 g/mol. The molecule has 0 amide bonds. The number of sulfonamides is 1. The minimum Gasteiger partial charge on any atom is -0.465 e. The molecule has 0 aliphatic carbocycles. The third-order valence-corrected chi connectivity index (χ3v) is 7.05. The topological polar surface area (TPSA) is 85.4 Å². The van der Waals surface area contributed by atoms with Gasteiger partial charge in [0.15, 0.2) is 0 Å². The Labute approximate surface area is 178 Å². The molecule has 0 bridgehead atoms. The van der Waals surface area contributed by atoms with Crippen molar-refractivity contribution in [3.05, 3.63) is 70.0 Å². The van der Waals surface area contributed by atoms with Crippen LogP contribution in [0, 0.1) is 19.7 Å². The molecule has 6 nitrogen and oxygen atoms in total. The van der Waals surface area contributed by atoms with E-state index in [1.165, 1.54) is 42.7 Å². The number of carbonyl (C=O) groups is 1. The number of methoxy groups -OCH3 is 1. The summed E-state index contributed by atoms with van der Waals surface area (Å²) < 4.78 is 45.7.